The van der Waals surface area contributed by atoms with Gasteiger partial charge in [-0.1, -0.05) is 6.07 Å². The largest absolute Gasteiger partial charge is 0.505 e. The van der Waals surface area contributed by atoms with Crippen LogP contribution >= 0.6 is 0 Å². The Morgan fingerprint density at radius 1 is 1.23 bits per heavy atom. The average molecular weight is 418 g/mol. The number of aliphatic carboxylic acids is 1. The second kappa shape index (κ2) is 8.23. The number of amides is 1. The molecule has 1 amide bonds. The molecule has 0 radical (unpaired) electrons. The maximum absolute atomic E-state index is 12.5. The van der Waals surface area contributed by atoms with Gasteiger partial charge >= 0.3 is 5.97 Å². The second-order valence-corrected chi connectivity index (χ2v) is 7.17. The van der Waals surface area contributed by atoms with E-state index in [2.05, 4.69) is 20.3 Å². The first-order valence-electron chi connectivity index (χ1n) is 9.56. The Kier molecular flexibility index (Phi) is 5.32. The number of hydrogen-bond acceptors (Lipinski definition) is 8. The Bertz CT molecular complexity index is 1200. The molecule has 1 atom stereocenters. The summed E-state index contributed by atoms with van der Waals surface area (Å²) in [6, 6.07) is 8.49. The number of nitrogens with zero attached hydrogens (tertiary/aromatic N) is 5. The topological polar surface area (TPSA) is 152 Å². The number of hydrogen-bond donors (Lipinski definition) is 3. The molecule has 1 fully saturated rings. The number of aromatic nitrogens is 3. The zero-order chi connectivity index (χ0) is 22.0. The van der Waals surface area contributed by atoms with Gasteiger partial charge in [-0.3, -0.25) is 9.59 Å². The highest BCUT2D eigenvalue weighted by atomic mass is 16.4. The van der Waals surface area contributed by atoms with E-state index in [1.165, 1.54) is 12.4 Å². The summed E-state index contributed by atoms with van der Waals surface area (Å²) in [5.74, 6) is -1.49. The van der Waals surface area contributed by atoms with Crippen LogP contribution in [0.2, 0.25) is 0 Å². The van der Waals surface area contributed by atoms with Gasteiger partial charge < -0.3 is 20.4 Å². The third kappa shape index (κ3) is 4.06. The van der Waals surface area contributed by atoms with Crippen LogP contribution in [0, 0.1) is 17.2 Å². The summed E-state index contributed by atoms with van der Waals surface area (Å²) in [7, 11) is 0. The van der Waals surface area contributed by atoms with Gasteiger partial charge in [-0.2, -0.15) is 5.26 Å². The number of aromatic hydroxyl groups is 1. The fourth-order valence-electron chi connectivity index (χ4n) is 3.45. The lowest BCUT2D eigenvalue weighted by Gasteiger charge is -2.17. The normalized spacial score (nSPS) is 15.6. The summed E-state index contributed by atoms with van der Waals surface area (Å²) < 4.78 is 0. The first kappa shape index (κ1) is 20.0. The van der Waals surface area contributed by atoms with Gasteiger partial charge in [0.25, 0.3) is 5.91 Å². The lowest BCUT2D eigenvalue weighted by molar-refractivity contribution is -0.140. The first-order valence-corrected chi connectivity index (χ1v) is 9.56. The number of fused-ring (bicyclic) bond motifs is 1. The van der Waals surface area contributed by atoms with Crippen molar-refractivity contribution in [2.75, 3.05) is 18.0 Å². The van der Waals surface area contributed by atoms with Crippen LogP contribution < -0.4 is 10.2 Å². The standard InChI is InChI=1S/C21H18N6O4/c22-7-14-2-1-12(8-23-14)9-25-20(29)18-19(28)15-3-4-17(26-16(15)10-24-18)27-6-5-13(11-27)21(30)31/h1-4,8,10,13,28H,5-6,9,11H2,(H,25,29)(H,30,31)/t13-/m0/s1. The predicted molar refractivity (Wildman–Crippen MR) is 109 cm³/mol. The number of anilines is 1. The molecule has 156 valence electrons. The Labute approximate surface area is 176 Å². The fraction of sp³-hybridized carbons (Fsp3) is 0.238. The third-order valence-corrected chi connectivity index (χ3v) is 5.17. The minimum Gasteiger partial charge on any atom is -0.505 e. The van der Waals surface area contributed by atoms with Crippen molar-refractivity contribution in [1.29, 1.82) is 5.26 Å². The second-order valence-electron chi connectivity index (χ2n) is 7.17. The molecule has 0 bridgehead atoms. The highest BCUT2D eigenvalue weighted by Gasteiger charge is 2.29. The molecule has 1 saturated heterocycles. The fourth-order valence-corrected chi connectivity index (χ4v) is 3.45. The van der Waals surface area contributed by atoms with Crippen molar-refractivity contribution in [2.24, 2.45) is 5.92 Å². The molecular weight excluding hydrogens is 400 g/mol. The molecule has 31 heavy (non-hydrogen) atoms. The van der Waals surface area contributed by atoms with Gasteiger partial charge in [-0.05, 0) is 30.2 Å². The number of rotatable bonds is 5. The van der Waals surface area contributed by atoms with Crippen molar-refractivity contribution < 1.29 is 19.8 Å². The summed E-state index contributed by atoms with van der Waals surface area (Å²) in [5, 5.41) is 31.5. The Morgan fingerprint density at radius 3 is 2.74 bits per heavy atom. The van der Waals surface area contributed by atoms with Gasteiger partial charge in [0.1, 0.15) is 17.6 Å². The van der Waals surface area contributed by atoms with Crippen LogP contribution in [0.3, 0.4) is 0 Å². The van der Waals surface area contributed by atoms with Gasteiger partial charge in [-0.25, -0.2) is 15.0 Å². The molecule has 4 rings (SSSR count). The third-order valence-electron chi connectivity index (χ3n) is 5.17. The molecule has 3 aromatic heterocycles. The molecule has 1 aliphatic heterocycles. The first-order chi connectivity index (χ1) is 15.0. The zero-order valence-electron chi connectivity index (χ0n) is 16.3. The van der Waals surface area contributed by atoms with Crippen LogP contribution in [0.15, 0.2) is 36.7 Å². The maximum Gasteiger partial charge on any atom is 0.308 e. The van der Waals surface area contributed by atoms with Crippen molar-refractivity contribution in [3.8, 4) is 11.8 Å². The monoisotopic (exact) mass is 418 g/mol. The minimum atomic E-state index is -0.824. The van der Waals surface area contributed by atoms with Gasteiger partial charge in [0, 0.05) is 31.2 Å². The highest BCUT2D eigenvalue weighted by Crippen LogP contribution is 2.29. The van der Waals surface area contributed by atoms with Crippen LogP contribution in [-0.4, -0.2) is 50.1 Å². The van der Waals surface area contributed by atoms with Crippen molar-refractivity contribution >= 4 is 28.6 Å². The predicted octanol–water partition coefficient (Wildman–Crippen LogP) is 1.44. The molecule has 4 heterocycles. The van der Waals surface area contributed by atoms with E-state index >= 15 is 0 Å². The number of carboxylic acid groups (broad SMARTS) is 1. The smallest absolute Gasteiger partial charge is 0.308 e. The van der Waals surface area contributed by atoms with Crippen molar-refractivity contribution in [2.45, 2.75) is 13.0 Å². The van der Waals surface area contributed by atoms with Gasteiger partial charge in [0.05, 0.1) is 17.6 Å². The van der Waals surface area contributed by atoms with E-state index in [-0.39, 0.29) is 23.7 Å². The Morgan fingerprint density at radius 2 is 2.06 bits per heavy atom. The molecule has 10 nitrogen and oxygen atoms in total. The molecule has 10 heteroatoms. The number of nitriles is 1. The quantitative estimate of drug-likeness (QED) is 0.559. The highest BCUT2D eigenvalue weighted by molar-refractivity contribution is 6.00. The van der Waals surface area contributed by atoms with E-state index in [0.717, 1.165) is 0 Å². The van der Waals surface area contributed by atoms with Gasteiger partial charge in [-0.15, -0.1) is 0 Å². The summed E-state index contributed by atoms with van der Waals surface area (Å²) in [5.41, 5.74) is 1.25. The summed E-state index contributed by atoms with van der Waals surface area (Å²) >= 11 is 0. The van der Waals surface area contributed by atoms with Crippen molar-refractivity contribution in [3.05, 3.63) is 53.6 Å². The van der Waals surface area contributed by atoms with E-state index < -0.39 is 17.8 Å². The average Bonchev–Trinajstić information content (AvgIpc) is 3.28. The van der Waals surface area contributed by atoms with E-state index in [9.17, 15) is 14.7 Å². The molecule has 0 saturated carbocycles. The molecule has 3 N–H and O–H groups in total. The van der Waals surface area contributed by atoms with Crippen LogP contribution in [-0.2, 0) is 11.3 Å². The van der Waals surface area contributed by atoms with Crippen molar-refractivity contribution in [3.63, 3.8) is 0 Å². The van der Waals surface area contributed by atoms with E-state index in [1.54, 1.807) is 24.3 Å². The lowest BCUT2D eigenvalue weighted by atomic mass is 10.1. The number of nitrogens with one attached hydrogen (secondary N) is 1. The number of carbonyl (C=O) groups excluding carboxylic acids is 1. The lowest BCUT2D eigenvalue weighted by Crippen LogP contribution is -2.24. The Balaban J connectivity index is 1.50. The van der Waals surface area contributed by atoms with Crippen LogP contribution in [0.25, 0.3) is 10.9 Å². The van der Waals surface area contributed by atoms with Gasteiger partial charge in [0.2, 0.25) is 0 Å². The number of pyridine rings is 3. The molecule has 3 aromatic rings. The molecule has 0 unspecified atom stereocenters. The Hall–Kier alpha value is -4.26. The molecule has 1 aliphatic rings. The van der Waals surface area contributed by atoms with E-state index in [0.29, 0.717) is 41.8 Å². The molecular formula is C21H18N6O4. The summed E-state index contributed by atoms with van der Waals surface area (Å²) in [6.07, 6.45) is 3.44. The van der Waals surface area contributed by atoms with E-state index in [4.69, 9.17) is 10.4 Å². The summed E-state index contributed by atoms with van der Waals surface area (Å²) in [6.45, 7) is 1.12. The number of carboxylic acids is 1. The maximum atomic E-state index is 12.5. The van der Waals surface area contributed by atoms with Gasteiger partial charge in [0.15, 0.2) is 11.4 Å². The molecule has 0 aliphatic carbocycles. The minimum absolute atomic E-state index is 0.129. The van der Waals surface area contributed by atoms with Crippen LogP contribution in [0.5, 0.6) is 5.75 Å². The zero-order valence-corrected chi connectivity index (χ0v) is 16.3. The molecule has 0 aromatic carbocycles. The summed E-state index contributed by atoms with van der Waals surface area (Å²) in [4.78, 5) is 38.0. The van der Waals surface area contributed by atoms with Crippen LogP contribution in [0.4, 0.5) is 5.82 Å². The van der Waals surface area contributed by atoms with E-state index in [1.807, 2.05) is 11.0 Å². The van der Waals surface area contributed by atoms with Crippen molar-refractivity contribution in [1.82, 2.24) is 20.3 Å². The molecule has 0 spiro atoms. The SMILES string of the molecule is N#Cc1ccc(CNC(=O)c2ncc3nc(N4CC[C@H](C(=O)O)C4)ccc3c2O)cn1. The number of carbonyl (C=O) groups is 2. The van der Waals surface area contributed by atoms with Crippen LogP contribution in [0.1, 0.15) is 28.2 Å².